The summed E-state index contributed by atoms with van der Waals surface area (Å²) in [5, 5.41) is 22.4. The number of hydrogen-bond acceptors (Lipinski definition) is 5. The van der Waals surface area contributed by atoms with E-state index in [-0.39, 0.29) is 5.82 Å². The lowest BCUT2D eigenvalue weighted by Gasteiger charge is -2.24. The van der Waals surface area contributed by atoms with Gasteiger partial charge in [-0.1, -0.05) is 11.6 Å². The highest BCUT2D eigenvalue weighted by atomic mass is 79.9. The molecule has 6 nitrogen and oxygen atoms in total. The van der Waals surface area contributed by atoms with Crippen molar-refractivity contribution in [3.63, 3.8) is 0 Å². The summed E-state index contributed by atoms with van der Waals surface area (Å²) < 4.78 is 22.8. The maximum Gasteiger partial charge on any atom is 0.146 e. The normalized spacial score (nSPS) is 26.2. The van der Waals surface area contributed by atoms with Gasteiger partial charge in [-0.3, -0.25) is 0 Å². The van der Waals surface area contributed by atoms with Crippen molar-refractivity contribution in [2.75, 3.05) is 0 Å². The first-order valence-electron chi connectivity index (χ1n) is 9.95. The molecular weight excluding hydrogens is 477 g/mol. The van der Waals surface area contributed by atoms with Crippen molar-refractivity contribution >= 4 is 38.6 Å². The second-order valence-electron chi connectivity index (χ2n) is 7.90. The first-order valence-corrected chi connectivity index (χ1v) is 11.1. The molecule has 1 saturated carbocycles. The Bertz CT molecular complexity index is 1120. The molecule has 0 spiro atoms. The molecule has 30 heavy (non-hydrogen) atoms. The molecule has 0 unspecified atom stereocenters. The van der Waals surface area contributed by atoms with E-state index in [0.29, 0.717) is 44.8 Å². The van der Waals surface area contributed by atoms with E-state index in [4.69, 9.17) is 16.3 Å². The highest BCUT2D eigenvalue weighted by Gasteiger charge is 2.45. The zero-order valence-electron chi connectivity index (χ0n) is 15.9. The number of aliphatic hydroxyl groups is 2. The minimum atomic E-state index is -1.09. The van der Waals surface area contributed by atoms with Crippen LogP contribution in [-0.2, 0) is 12.8 Å². The Hall–Kier alpha value is -1.74. The second-order valence-corrected chi connectivity index (χ2v) is 9.11. The van der Waals surface area contributed by atoms with Gasteiger partial charge in [-0.25, -0.2) is 14.4 Å². The van der Waals surface area contributed by atoms with E-state index in [1.165, 1.54) is 12.4 Å². The molecule has 3 aromatic rings. The third kappa shape index (κ3) is 3.21. The van der Waals surface area contributed by atoms with Gasteiger partial charge in [-0.15, -0.1) is 0 Å². The van der Waals surface area contributed by atoms with Crippen LogP contribution in [0.3, 0.4) is 0 Å². The van der Waals surface area contributed by atoms with Gasteiger partial charge in [0.25, 0.3) is 0 Å². The third-order valence-corrected chi connectivity index (χ3v) is 7.07. The molecule has 0 radical (unpaired) electrons. The molecule has 4 atom stereocenters. The minimum Gasteiger partial charge on any atom is -0.487 e. The van der Waals surface area contributed by atoms with Crippen molar-refractivity contribution in [1.82, 2.24) is 14.5 Å². The lowest BCUT2D eigenvalue weighted by atomic mass is 9.90. The van der Waals surface area contributed by atoms with Crippen LogP contribution < -0.4 is 4.74 Å². The third-order valence-electron chi connectivity index (χ3n) is 6.19. The maximum atomic E-state index is 14.2. The van der Waals surface area contributed by atoms with Crippen molar-refractivity contribution in [2.24, 2.45) is 0 Å². The van der Waals surface area contributed by atoms with Crippen LogP contribution in [0.4, 0.5) is 4.39 Å². The lowest BCUT2D eigenvalue weighted by molar-refractivity contribution is -0.0166. The van der Waals surface area contributed by atoms with Crippen LogP contribution in [-0.4, -0.2) is 43.1 Å². The number of nitrogens with zero attached hydrogens (tertiary/aromatic N) is 3. The van der Waals surface area contributed by atoms with Crippen LogP contribution >= 0.6 is 27.5 Å². The monoisotopic (exact) mass is 495 g/mol. The van der Waals surface area contributed by atoms with Crippen LogP contribution in [0.5, 0.6) is 5.75 Å². The van der Waals surface area contributed by atoms with Gasteiger partial charge < -0.3 is 19.5 Å². The largest absolute Gasteiger partial charge is 0.487 e. The van der Waals surface area contributed by atoms with Crippen molar-refractivity contribution in [3.05, 3.63) is 51.2 Å². The van der Waals surface area contributed by atoms with E-state index in [9.17, 15) is 14.6 Å². The highest BCUT2D eigenvalue weighted by Crippen LogP contribution is 2.40. The van der Waals surface area contributed by atoms with Crippen molar-refractivity contribution in [1.29, 1.82) is 0 Å². The van der Waals surface area contributed by atoms with E-state index in [0.717, 1.165) is 24.8 Å². The molecule has 0 aliphatic heterocycles. The summed E-state index contributed by atoms with van der Waals surface area (Å²) in [6, 6.07) is 2.59. The van der Waals surface area contributed by atoms with Crippen LogP contribution in [0.25, 0.3) is 11.0 Å². The van der Waals surface area contributed by atoms with E-state index in [2.05, 4.69) is 25.9 Å². The van der Waals surface area contributed by atoms with Crippen LogP contribution in [0, 0.1) is 5.82 Å². The first-order chi connectivity index (χ1) is 14.5. The van der Waals surface area contributed by atoms with Gasteiger partial charge in [-0.2, -0.15) is 0 Å². The number of aromatic nitrogens is 3. The zero-order valence-corrected chi connectivity index (χ0v) is 18.3. The molecule has 2 heterocycles. The van der Waals surface area contributed by atoms with E-state index < -0.39 is 24.4 Å². The molecule has 2 aliphatic carbocycles. The topological polar surface area (TPSA) is 80.4 Å². The molecule has 158 valence electrons. The van der Waals surface area contributed by atoms with Crippen molar-refractivity contribution in [3.8, 4) is 5.75 Å². The number of ether oxygens (including phenoxy) is 1. The van der Waals surface area contributed by atoms with Gasteiger partial charge >= 0.3 is 0 Å². The number of hydrogen-bond donors (Lipinski definition) is 2. The quantitative estimate of drug-likeness (QED) is 0.536. The smallest absolute Gasteiger partial charge is 0.146 e. The van der Waals surface area contributed by atoms with Crippen LogP contribution in [0.1, 0.15) is 36.4 Å². The molecule has 5 rings (SSSR count). The fourth-order valence-electron chi connectivity index (χ4n) is 4.68. The molecule has 0 amide bonds. The Morgan fingerprint density at radius 2 is 1.90 bits per heavy atom. The molecule has 2 aromatic heterocycles. The van der Waals surface area contributed by atoms with Gasteiger partial charge in [0.15, 0.2) is 0 Å². The highest BCUT2D eigenvalue weighted by molar-refractivity contribution is 9.10. The van der Waals surface area contributed by atoms with E-state index in [1.807, 2.05) is 0 Å². The number of halogens is 3. The Labute approximate surface area is 185 Å². The minimum absolute atomic E-state index is 0.206. The molecule has 2 aliphatic rings. The summed E-state index contributed by atoms with van der Waals surface area (Å²) >= 11 is 9.67. The first kappa shape index (κ1) is 20.2. The van der Waals surface area contributed by atoms with Crippen molar-refractivity contribution < 1.29 is 19.3 Å². The Balaban J connectivity index is 1.46. The molecule has 2 N–H and O–H groups in total. The fourth-order valence-corrected chi connectivity index (χ4v) is 5.61. The molecule has 0 saturated heterocycles. The Kier molecular flexibility index (Phi) is 5.21. The number of benzene rings is 1. The SMILES string of the molecule is O[C@@H]1[C@H](O)[C@@H](Oc2ccc(F)c3c2CCCC3)C[C@H]1n1cc(Br)c2c(Cl)ncnc21. The predicted molar refractivity (Wildman–Crippen MR) is 113 cm³/mol. The molecule has 9 heteroatoms. The summed E-state index contributed by atoms with van der Waals surface area (Å²) in [6.07, 6.45) is 4.13. The summed E-state index contributed by atoms with van der Waals surface area (Å²) in [5.41, 5.74) is 2.15. The summed E-state index contributed by atoms with van der Waals surface area (Å²) in [4.78, 5) is 8.31. The molecule has 1 aromatic carbocycles. The number of rotatable bonds is 3. The Morgan fingerprint density at radius 1 is 1.13 bits per heavy atom. The van der Waals surface area contributed by atoms with Crippen LogP contribution in [0.15, 0.2) is 29.1 Å². The average molecular weight is 497 g/mol. The summed E-state index contributed by atoms with van der Waals surface area (Å²) in [5.74, 6) is 0.383. The second kappa shape index (κ2) is 7.75. The average Bonchev–Trinajstić information content (AvgIpc) is 3.22. The van der Waals surface area contributed by atoms with Gasteiger partial charge in [-0.05, 0) is 59.3 Å². The summed E-state index contributed by atoms with van der Waals surface area (Å²) in [7, 11) is 0. The molecule has 0 bridgehead atoms. The fraction of sp³-hybridized carbons (Fsp3) is 0.429. The number of fused-ring (bicyclic) bond motifs is 2. The zero-order chi connectivity index (χ0) is 21.0. The van der Waals surface area contributed by atoms with Gasteiger partial charge in [0.1, 0.15) is 47.0 Å². The van der Waals surface area contributed by atoms with Gasteiger partial charge in [0.05, 0.1) is 11.4 Å². The number of aliphatic hydroxyl groups excluding tert-OH is 2. The Morgan fingerprint density at radius 3 is 2.70 bits per heavy atom. The lowest BCUT2D eigenvalue weighted by Crippen LogP contribution is -2.34. The summed E-state index contributed by atoms with van der Waals surface area (Å²) in [6.45, 7) is 0. The maximum absolute atomic E-state index is 14.2. The van der Waals surface area contributed by atoms with E-state index in [1.54, 1.807) is 16.8 Å². The molecule has 1 fully saturated rings. The van der Waals surface area contributed by atoms with E-state index >= 15 is 0 Å². The van der Waals surface area contributed by atoms with Gasteiger partial charge in [0, 0.05) is 22.7 Å². The predicted octanol–water partition coefficient (Wildman–Crippen LogP) is 3.98. The van der Waals surface area contributed by atoms with Crippen LogP contribution in [0.2, 0.25) is 5.15 Å². The van der Waals surface area contributed by atoms with Gasteiger partial charge in [0.2, 0.25) is 0 Å². The van der Waals surface area contributed by atoms with Crippen molar-refractivity contribution in [2.45, 2.75) is 56.5 Å². The molecular formula is C21H20BrClFN3O3. The standard InChI is InChI=1S/C21H20BrClFN3O3/c22-12-8-27(21-17(12)20(23)25-9-26-21)14-7-16(19(29)18(14)28)30-15-6-5-13(24)10-3-1-2-4-11(10)15/h5-6,8-9,14,16,18-19,28-29H,1-4,7H2/t14-,16+,18+,19-/m1/s1.